The summed E-state index contributed by atoms with van der Waals surface area (Å²) in [5, 5.41) is 10.7. The first kappa shape index (κ1) is 32.8. The zero-order valence-electron chi connectivity index (χ0n) is 25.3. The highest BCUT2D eigenvalue weighted by Gasteiger charge is 2.48. The van der Waals surface area contributed by atoms with Crippen molar-refractivity contribution in [3.05, 3.63) is 23.8 Å². The highest BCUT2D eigenvalue weighted by Crippen LogP contribution is 2.42. The van der Waals surface area contributed by atoms with E-state index in [2.05, 4.69) is 101 Å². The Morgan fingerprint density at radius 1 is 0.914 bits per heavy atom. The van der Waals surface area contributed by atoms with E-state index in [1.807, 2.05) is 6.08 Å². The molecule has 1 saturated heterocycles. The Bertz CT molecular complexity index is 670. The molecule has 206 valence electrons. The van der Waals surface area contributed by atoms with Crippen LogP contribution in [0.1, 0.15) is 89.0 Å². The Balaban J connectivity index is 2.44. The summed E-state index contributed by atoms with van der Waals surface area (Å²) in [5.41, 5.74) is 3.12. The monoisotopic (exact) mass is 526 g/mol. The molecule has 0 aromatic heterocycles. The van der Waals surface area contributed by atoms with Crippen molar-refractivity contribution in [1.29, 1.82) is 0 Å². The van der Waals surface area contributed by atoms with Crippen LogP contribution < -0.4 is 0 Å². The molecular formula is C29H58O4Si2. The topological polar surface area (TPSA) is 51.2 Å². The van der Waals surface area contributed by atoms with Gasteiger partial charge in [-0.2, -0.15) is 0 Å². The van der Waals surface area contributed by atoms with Crippen molar-refractivity contribution >= 4 is 16.6 Å². The van der Waals surface area contributed by atoms with Crippen molar-refractivity contribution in [3.8, 4) is 0 Å². The number of rotatable bonds is 15. The van der Waals surface area contributed by atoms with Crippen molar-refractivity contribution < 1.29 is 18.7 Å². The highest BCUT2D eigenvalue weighted by molar-refractivity contribution is 6.77. The van der Waals surface area contributed by atoms with Gasteiger partial charge in [-0.3, -0.25) is 0 Å². The van der Waals surface area contributed by atoms with Crippen LogP contribution in [-0.4, -0.2) is 53.3 Å². The van der Waals surface area contributed by atoms with Gasteiger partial charge in [0.2, 0.25) is 8.32 Å². The van der Waals surface area contributed by atoms with Crippen molar-refractivity contribution in [2.45, 2.75) is 142 Å². The molecule has 0 radical (unpaired) electrons. The molecule has 6 heteroatoms. The van der Waals surface area contributed by atoms with Gasteiger partial charge in [-0.25, -0.2) is 0 Å². The third-order valence-electron chi connectivity index (χ3n) is 8.39. The Morgan fingerprint density at radius 3 is 1.94 bits per heavy atom. The SMILES string of the molecule is C/C(=C\CC/C=C/[C@H](O)[C@@H]1O[C@H]1[C@H](C)CO[Si](C)(C)C(C)(C)C)CO[Si](C(C)C)(C(C)C)C(C)C. The van der Waals surface area contributed by atoms with Gasteiger partial charge in [0.1, 0.15) is 12.2 Å². The number of hydrogen-bond acceptors (Lipinski definition) is 4. The largest absolute Gasteiger partial charge is 0.416 e. The van der Waals surface area contributed by atoms with Crippen molar-refractivity contribution in [3.63, 3.8) is 0 Å². The lowest BCUT2D eigenvalue weighted by Crippen LogP contribution is -2.48. The van der Waals surface area contributed by atoms with Crippen LogP contribution in [0, 0.1) is 5.92 Å². The third kappa shape index (κ3) is 9.22. The molecule has 4 nitrogen and oxygen atoms in total. The fourth-order valence-corrected chi connectivity index (χ4v) is 11.7. The fraction of sp³-hybridized carbons (Fsp3) is 0.862. The summed E-state index contributed by atoms with van der Waals surface area (Å²) in [6.07, 6.45) is 7.59. The number of allylic oxidation sites excluding steroid dienone is 2. The van der Waals surface area contributed by atoms with Gasteiger partial charge in [0.25, 0.3) is 0 Å². The summed E-state index contributed by atoms with van der Waals surface area (Å²) in [4.78, 5) is 0. The minimum absolute atomic E-state index is 0.0889. The Labute approximate surface area is 220 Å². The van der Waals surface area contributed by atoms with E-state index in [0.717, 1.165) is 19.4 Å². The van der Waals surface area contributed by atoms with E-state index in [1.165, 1.54) is 5.57 Å². The van der Waals surface area contributed by atoms with Crippen LogP contribution in [-0.2, 0) is 13.6 Å². The molecule has 0 aromatic carbocycles. The van der Waals surface area contributed by atoms with Gasteiger partial charge in [0.15, 0.2) is 8.32 Å². The van der Waals surface area contributed by atoms with Crippen LogP contribution >= 0.6 is 0 Å². The van der Waals surface area contributed by atoms with Crippen molar-refractivity contribution in [2.24, 2.45) is 5.92 Å². The smallest absolute Gasteiger partial charge is 0.200 e. The van der Waals surface area contributed by atoms with Gasteiger partial charge in [-0.05, 0) is 54.5 Å². The number of ether oxygens (including phenoxy) is 1. The predicted octanol–water partition coefficient (Wildman–Crippen LogP) is 8.25. The van der Waals surface area contributed by atoms with Gasteiger partial charge in [-0.1, -0.05) is 93.0 Å². The average molecular weight is 527 g/mol. The molecule has 1 aliphatic heterocycles. The maximum Gasteiger partial charge on any atom is 0.200 e. The van der Waals surface area contributed by atoms with Gasteiger partial charge in [-0.15, -0.1) is 0 Å². The summed E-state index contributed by atoms with van der Waals surface area (Å²) >= 11 is 0. The second-order valence-electron chi connectivity index (χ2n) is 13.3. The summed E-state index contributed by atoms with van der Waals surface area (Å²) < 4.78 is 18.9. The molecule has 1 N–H and O–H groups in total. The van der Waals surface area contributed by atoms with Crippen molar-refractivity contribution in [2.75, 3.05) is 13.2 Å². The molecule has 1 rings (SSSR count). The van der Waals surface area contributed by atoms with Crippen LogP contribution in [0.25, 0.3) is 0 Å². The summed E-state index contributed by atoms with van der Waals surface area (Å²) in [6.45, 7) is 31.1. The van der Waals surface area contributed by atoms with E-state index < -0.39 is 22.7 Å². The van der Waals surface area contributed by atoms with E-state index in [-0.39, 0.29) is 17.2 Å². The zero-order valence-corrected chi connectivity index (χ0v) is 27.3. The van der Waals surface area contributed by atoms with Crippen molar-refractivity contribution in [1.82, 2.24) is 0 Å². The maximum atomic E-state index is 10.5. The molecule has 0 saturated carbocycles. The molecule has 0 unspecified atom stereocenters. The molecule has 0 aliphatic carbocycles. The number of aliphatic hydroxyl groups excluding tert-OH is 1. The summed E-state index contributed by atoms with van der Waals surface area (Å²) in [7, 11) is -3.57. The molecule has 4 atom stereocenters. The minimum Gasteiger partial charge on any atom is -0.416 e. The Kier molecular flexibility index (Phi) is 12.7. The van der Waals surface area contributed by atoms with Gasteiger partial charge in [0.05, 0.1) is 12.7 Å². The number of unbranched alkanes of at least 4 members (excludes halogenated alkanes) is 1. The lowest BCUT2D eigenvalue weighted by atomic mass is 10.0. The molecule has 0 aromatic rings. The molecule has 1 heterocycles. The molecule has 1 fully saturated rings. The fourth-order valence-electron chi connectivity index (χ4n) is 5.09. The maximum absolute atomic E-state index is 10.5. The first-order valence-corrected chi connectivity index (χ1v) is 19.0. The molecule has 0 spiro atoms. The van der Waals surface area contributed by atoms with Crippen LogP contribution in [0.15, 0.2) is 23.8 Å². The standard InChI is InChI=1S/C29H58O4Si2/c1-21(2)35(22(3)4,23(5)6)32-19-24(7)17-15-14-16-18-26(30)28-27(33-28)25(8)20-31-34(12,13)29(9,10)11/h16-18,21-23,25-28,30H,14-15,19-20H2,1-13H3/b18-16+,24-17+/t25-,26+,27+,28+/m1/s1. The molecular weight excluding hydrogens is 468 g/mol. The second-order valence-corrected chi connectivity index (χ2v) is 23.5. The number of epoxide rings is 1. The van der Waals surface area contributed by atoms with Gasteiger partial charge in [0, 0.05) is 12.5 Å². The second kappa shape index (κ2) is 13.5. The van der Waals surface area contributed by atoms with E-state index in [4.69, 9.17) is 13.6 Å². The minimum atomic E-state index is -1.82. The first-order chi connectivity index (χ1) is 16.0. The highest BCUT2D eigenvalue weighted by atomic mass is 28.4. The van der Waals surface area contributed by atoms with E-state index in [1.54, 1.807) is 0 Å². The summed E-state index contributed by atoms with van der Waals surface area (Å²) in [6, 6.07) is 0. The van der Waals surface area contributed by atoms with Crippen LogP contribution in [0.5, 0.6) is 0 Å². The van der Waals surface area contributed by atoms with Crippen LogP contribution in [0.3, 0.4) is 0 Å². The predicted molar refractivity (Wildman–Crippen MR) is 156 cm³/mol. The molecule has 0 amide bonds. The quantitative estimate of drug-likeness (QED) is 0.101. The van der Waals surface area contributed by atoms with E-state index >= 15 is 0 Å². The van der Waals surface area contributed by atoms with E-state index in [0.29, 0.717) is 29.1 Å². The first-order valence-electron chi connectivity index (χ1n) is 13.9. The molecule has 0 bridgehead atoms. The van der Waals surface area contributed by atoms with E-state index in [9.17, 15) is 5.11 Å². The zero-order chi connectivity index (χ0) is 27.2. The third-order valence-corrected chi connectivity index (χ3v) is 18.9. The lowest BCUT2D eigenvalue weighted by Gasteiger charge is -2.42. The summed E-state index contributed by atoms with van der Waals surface area (Å²) in [5.74, 6) is 0.293. The number of aliphatic hydroxyl groups is 1. The molecule has 1 aliphatic rings. The Hall–Kier alpha value is -0.246. The van der Waals surface area contributed by atoms with Crippen LogP contribution in [0.4, 0.5) is 0 Å². The van der Waals surface area contributed by atoms with Crippen LogP contribution in [0.2, 0.25) is 34.8 Å². The average Bonchev–Trinajstić information content (AvgIpc) is 3.51. The Morgan fingerprint density at radius 2 is 1.46 bits per heavy atom. The van der Waals surface area contributed by atoms with Gasteiger partial charge >= 0.3 is 0 Å². The van der Waals surface area contributed by atoms with Gasteiger partial charge < -0.3 is 18.7 Å². The normalized spacial score (nSPS) is 22.0. The number of hydrogen-bond donors (Lipinski definition) is 1. The lowest BCUT2D eigenvalue weighted by molar-refractivity contribution is 0.175. The molecule has 35 heavy (non-hydrogen) atoms.